The van der Waals surface area contributed by atoms with Gasteiger partial charge in [-0.2, -0.15) is 0 Å². The van der Waals surface area contributed by atoms with Crippen molar-refractivity contribution in [3.63, 3.8) is 0 Å². The fourth-order valence-electron chi connectivity index (χ4n) is 2.96. The molecule has 0 aromatic carbocycles. The van der Waals surface area contributed by atoms with E-state index >= 15 is 0 Å². The second kappa shape index (κ2) is 5.99. The molecular formula is C13H26N2O. The van der Waals surface area contributed by atoms with E-state index in [2.05, 4.69) is 24.1 Å². The van der Waals surface area contributed by atoms with Crippen molar-refractivity contribution in [3.05, 3.63) is 0 Å². The molecule has 2 atom stereocenters. The first kappa shape index (κ1) is 12.3. The molecular weight excluding hydrogens is 200 g/mol. The highest BCUT2D eigenvalue weighted by Gasteiger charge is 2.35. The third-order valence-electron chi connectivity index (χ3n) is 3.77. The second-order valence-corrected chi connectivity index (χ2v) is 5.41. The predicted molar refractivity (Wildman–Crippen MR) is 66.7 cm³/mol. The SMILES string of the molecule is CC(C)NCCCN1CCOC2CCCC21. The molecule has 2 fully saturated rings. The summed E-state index contributed by atoms with van der Waals surface area (Å²) in [5.74, 6) is 0. The standard InChI is InChI=1S/C13H26N2O/c1-11(2)14-7-4-8-15-9-10-16-13-6-3-5-12(13)15/h11-14H,3-10H2,1-2H3. The fraction of sp³-hybridized carbons (Fsp3) is 1.00. The Kier molecular flexibility index (Phi) is 4.62. The van der Waals surface area contributed by atoms with Crippen LogP contribution >= 0.6 is 0 Å². The number of hydrogen-bond donors (Lipinski definition) is 1. The van der Waals surface area contributed by atoms with Crippen LogP contribution < -0.4 is 5.32 Å². The molecule has 0 amide bonds. The zero-order valence-electron chi connectivity index (χ0n) is 10.7. The normalized spacial score (nSPS) is 30.9. The van der Waals surface area contributed by atoms with Gasteiger partial charge in [0.2, 0.25) is 0 Å². The van der Waals surface area contributed by atoms with Crippen molar-refractivity contribution in [3.8, 4) is 0 Å². The number of nitrogens with one attached hydrogen (secondary N) is 1. The Balaban J connectivity index is 1.68. The summed E-state index contributed by atoms with van der Waals surface area (Å²) in [4.78, 5) is 2.66. The maximum Gasteiger partial charge on any atom is 0.0730 e. The average Bonchev–Trinajstić information content (AvgIpc) is 2.72. The molecule has 0 radical (unpaired) electrons. The molecule has 0 aromatic rings. The third kappa shape index (κ3) is 3.19. The minimum absolute atomic E-state index is 0.548. The van der Waals surface area contributed by atoms with Gasteiger partial charge in [-0.15, -0.1) is 0 Å². The second-order valence-electron chi connectivity index (χ2n) is 5.41. The molecule has 1 heterocycles. The molecule has 1 aliphatic carbocycles. The zero-order chi connectivity index (χ0) is 11.4. The van der Waals surface area contributed by atoms with Crippen molar-refractivity contribution in [1.29, 1.82) is 0 Å². The van der Waals surface area contributed by atoms with Crippen LogP contribution in [0.4, 0.5) is 0 Å². The van der Waals surface area contributed by atoms with Crippen LogP contribution in [0.25, 0.3) is 0 Å². The van der Waals surface area contributed by atoms with E-state index in [1.807, 2.05) is 0 Å². The summed E-state index contributed by atoms with van der Waals surface area (Å²) in [6, 6.07) is 1.34. The summed E-state index contributed by atoms with van der Waals surface area (Å²) in [7, 11) is 0. The molecule has 1 saturated heterocycles. The van der Waals surface area contributed by atoms with Gasteiger partial charge in [0.25, 0.3) is 0 Å². The zero-order valence-corrected chi connectivity index (χ0v) is 10.7. The lowest BCUT2D eigenvalue weighted by Gasteiger charge is -2.37. The van der Waals surface area contributed by atoms with Gasteiger partial charge in [0.1, 0.15) is 0 Å². The predicted octanol–water partition coefficient (Wildman–Crippen LogP) is 1.63. The molecule has 2 unspecified atom stereocenters. The van der Waals surface area contributed by atoms with E-state index in [9.17, 15) is 0 Å². The van der Waals surface area contributed by atoms with E-state index < -0.39 is 0 Å². The number of morpholine rings is 1. The van der Waals surface area contributed by atoms with Crippen LogP contribution in [-0.2, 0) is 4.74 Å². The Bertz CT molecular complexity index is 208. The molecule has 16 heavy (non-hydrogen) atoms. The van der Waals surface area contributed by atoms with Gasteiger partial charge < -0.3 is 10.1 Å². The maximum absolute atomic E-state index is 5.82. The highest BCUT2D eigenvalue weighted by molar-refractivity contribution is 4.89. The number of ether oxygens (including phenoxy) is 1. The van der Waals surface area contributed by atoms with Crippen LogP contribution in [0.1, 0.15) is 39.5 Å². The van der Waals surface area contributed by atoms with Crippen LogP contribution in [-0.4, -0.2) is 49.3 Å². The molecule has 2 rings (SSSR count). The number of rotatable bonds is 5. The number of hydrogen-bond acceptors (Lipinski definition) is 3. The van der Waals surface area contributed by atoms with Gasteiger partial charge in [-0.05, 0) is 38.8 Å². The third-order valence-corrected chi connectivity index (χ3v) is 3.77. The van der Waals surface area contributed by atoms with Gasteiger partial charge in [0.15, 0.2) is 0 Å². The minimum atomic E-state index is 0.548. The van der Waals surface area contributed by atoms with Crippen LogP contribution in [0.3, 0.4) is 0 Å². The molecule has 1 saturated carbocycles. The summed E-state index contributed by atoms with van der Waals surface area (Å²) in [5.41, 5.74) is 0. The molecule has 1 aliphatic heterocycles. The molecule has 0 bridgehead atoms. The molecule has 0 spiro atoms. The molecule has 94 valence electrons. The topological polar surface area (TPSA) is 24.5 Å². The van der Waals surface area contributed by atoms with Crippen molar-refractivity contribution in [2.45, 2.75) is 57.7 Å². The molecule has 3 heteroatoms. The van der Waals surface area contributed by atoms with Gasteiger partial charge in [0.05, 0.1) is 12.7 Å². The van der Waals surface area contributed by atoms with Gasteiger partial charge in [-0.1, -0.05) is 13.8 Å². The van der Waals surface area contributed by atoms with Crippen molar-refractivity contribution < 1.29 is 4.74 Å². The maximum atomic E-state index is 5.82. The first-order chi connectivity index (χ1) is 7.77. The highest BCUT2D eigenvalue weighted by Crippen LogP contribution is 2.29. The Labute approximate surface area is 99.5 Å². The molecule has 0 aromatic heterocycles. The van der Waals surface area contributed by atoms with Crippen LogP contribution in [0, 0.1) is 0 Å². The summed E-state index contributed by atoms with van der Waals surface area (Å²) in [6.45, 7) is 8.89. The number of fused-ring (bicyclic) bond motifs is 1. The van der Waals surface area contributed by atoms with Crippen LogP contribution in [0.2, 0.25) is 0 Å². The minimum Gasteiger partial charge on any atom is -0.375 e. The lowest BCUT2D eigenvalue weighted by Crippen LogP contribution is -2.49. The smallest absolute Gasteiger partial charge is 0.0730 e. The van der Waals surface area contributed by atoms with Gasteiger partial charge >= 0.3 is 0 Å². The first-order valence-electron chi connectivity index (χ1n) is 6.86. The van der Waals surface area contributed by atoms with Crippen molar-refractivity contribution in [2.24, 2.45) is 0 Å². The van der Waals surface area contributed by atoms with E-state index in [-0.39, 0.29) is 0 Å². The summed E-state index contributed by atoms with van der Waals surface area (Å²) < 4.78 is 5.82. The van der Waals surface area contributed by atoms with Crippen molar-refractivity contribution >= 4 is 0 Å². The Morgan fingerprint density at radius 2 is 2.25 bits per heavy atom. The van der Waals surface area contributed by atoms with Gasteiger partial charge in [-0.3, -0.25) is 4.90 Å². The van der Waals surface area contributed by atoms with Gasteiger partial charge in [-0.25, -0.2) is 0 Å². The quantitative estimate of drug-likeness (QED) is 0.721. The lowest BCUT2D eigenvalue weighted by atomic mass is 10.1. The van der Waals surface area contributed by atoms with Gasteiger partial charge in [0, 0.05) is 18.6 Å². The molecule has 3 nitrogen and oxygen atoms in total. The Morgan fingerprint density at radius 3 is 3.06 bits per heavy atom. The van der Waals surface area contributed by atoms with E-state index in [0.717, 1.165) is 25.7 Å². The highest BCUT2D eigenvalue weighted by atomic mass is 16.5. The van der Waals surface area contributed by atoms with Crippen LogP contribution in [0.15, 0.2) is 0 Å². The van der Waals surface area contributed by atoms with Crippen molar-refractivity contribution in [1.82, 2.24) is 10.2 Å². The summed E-state index contributed by atoms with van der Waals surface area (Å²) in [5, 5.41) is 3.49. The Hall–Kier alpha value is -0.120. The van der Waals surface area contributed by atoms with E-state index in [0.29, 0.717) is 12.1 Å². The van der Waals surface area contributed by atoms with E-state index in [1.54, 1.807) is 0 Å². The number of nitrogens with zero attached hydrogens (tertiary/aromatic N) is 1. The van der Waals surface area contributed by atoms with Crippen molar-refractivity contribution in [2.75, 3.05) is 26.2 Å². The largest absolute Gasteiger partial charge is 0.375 e. The monoisotopic (exact) mass is 226 g/mol. The Morgan fingerprint density at radius 1 is 1.38 bits per heavy atom. The lowest BCUT2D eigenvalue weighted by molar-refractivity contribution is -0.0556. The van der Waals surface area contributed by atoms with Crippen LogP contribution in [0.5, 0.6) is 0 Å². The summed E-state index contributed by atoms with van der Waals surface area (Å²) >= 11 is 0. The average molecular weight is 226 g/mol. The molecule has 2 aliphatic rings. The van der Waals surface area contributed by atoms with E-state index in [1.165, 1.54) is 32.2 Å². The molecule has 1 N–H and O–H groups in total. The fourth-order valence-corrected chi connectivity index (χ4v) is 2.96. The summed E-state index contributed by atoms with van der Waals surface area (Å²) in [6.07, 6.45) is 5.80. The van der Waals surface area contributed by atoms with E-state index in [4.69, 9.17) is 4.74 Å². The first-order valence-corrected chi connectivity index (χ1v) is 6.86.